The topological polar surface area (TPSA) is 61.6 Å². The molecule has 1 aliphatic rings. The molecule has 4 heteroatoms. The highest BCUT2D eigenvalue weighted by Crippen LogP contribution is 2.29. The molecule has 1 amide bonds. The molecule has 1 aliphatic heterocycles. The Balaban J connectivity index is 1.54. The van der Waals surface area contributed by atoms with Crippen LogP contribution in [0.4, 0.5) is 0 Å². The maximum atomic E-state index is 11.2. The average molecular weight is 283 g/mol. The number of hydrogen-bond donors (Lipinski definition) is 1. The molecule has 0 aliphatic carbocycles. The molecule has 0 radical (unpaired) electrons. The van der Waals surface area contributed by atoms with E-state index in [4.69, 9.17) is 15.2 Å². The molecule has 0 aromatic heterocycles. The van der Waals surface area contributed by atoms with Crippen molar-refractivity contribution >= 4 is 5.91 Å². The van der Waals surface area contributed by atoms with Crippen LogP contribution >= 0.6 is 0 Å². The van der Waals surface area contributed by atoms with Gasteiger partial charge in [-0.05, 0) is 29.3 Å². The lowest BCUT2D eigenvalue weighted by molar-refractivity contribution is 0.0510. The van der Waals surface area contributed by atoms with E-state index in [0.717, 1.165) is 23.3 Å². The quantitative estimate of drug-likeness (QED) is 0.916. The van der Waals surface area contributed by atoms with Crippen LogP contribution in [0.15, 0.2) is 48.5 Å². The van der Waals surface area contributed by atoms with Gasteiger partial charge in [-0.25, -0.2) is 0 Å². The van der Waals surface area contributed by atoms with E-state index in [1.165, 1.54) is 0 Å². The number of hydrogen-bond acceptors (Lipinski definition) is 3. The van der Waals surface area contributed by atoms with Crippen molar-refractivity contribution in [2.75, 3.05) is 6.61 Å². The summed E-state index contributed by atoms with van der Waals surface area (Å²) < 4.78 is 11.5. The molecule has 0 fully saturated rings. The van der Waals surface area contributed by atoms with Crippen LogP contribution in [-0.2, 0) is 17.8 Å². The van der Waals surface area contributed by atoms with Gasteiger partial charge in [0.2, 0.25) is 5.91 Å². The summed E-state index contributed by atoms with van der Waals surface area (Å²) in [5, 5.41) is 0. The summed E-state index contributed by atoms with van der Waals surface area (Å²) in [6, 6.07) is 15.3. The summed E-state index contributed by atoms with van der Waals surface area (Å²) in [7, 11) is 0. The predicted molar refractivity (Wildman–Crippen MR) is 79.2 cm³/mol. The lowest BCUT2D eigenvalue weighted by Gasteiger charge is -2.11. The molecule has 2 aromatic carbocycles. The normalized spacial score (nSPS) is 16.3. The second-order valence-electron chi connectivity index (χ2n) is 5.13. The van der Waals surface area contributed by atoms with Crippen molar-refractivity contribution in [3.63, 3.8) is 0 Å². The minimum Gasteiger partial charge on any atom is -0.487 e. The van der Waals surface area contributed by atoms with E-state index < -0.39 is 5.91 Å². The third kappa shape index (κ3) is 3.23. The lowest BCUT2D eigenvalue weighted by atomic mass is 10.1. The van der Waals surface area contributed by atoms with E-state index in [2.05, 4.69) is 0 Å². The number of benzene rings is 2. The number of fused-ring (bicyclic) bond motifs is 1. The first kappa shape index (κ1) is 13.6. The number of carbonyl (C=O) groups is 1. The van der Waals surface area contributed by atoms with Crippen LogP contribution in [0.3, 0.4) is 0 Å². The summed E-state index contributed by atoms with van der Waals surface area (Å²) in [5.74, 6) is 0.398. The predicted octanol–water partition coefficient (Wildman–Crippen LogP) is 2.31. The molecule has 4 nitrogen and oxygen atoms in total. The second kappa shape index (κ2) is 5.97. The van der Waals surface area contributed by atoms with E-state index in [1.807, 2.05) is 30.3 Å². The first-order chi connectivity index (χ1) is 10.2. The standard InChI is InChI=1S/C17H17NO3/c18-17(19)13-6-7-16-14(8-13)9-15(21-16)11-20-10-12-4-2-1-3-5-12/h1-8,15H,9-11H2,(H2,18,19). The summed E-state index contributed by atoms with van der Waals surface area (Å²) >= 11 is 0. The van der Waals surface area contributed by atoms with Crippen LogP contribution in [0.1, 0.15) is 21.5 Å². The summed E-state index contributed by atoms with van der Waals surface area (Å²) in [6.45, 7) is 1.10. The zero-order valence-electron chi connectivity index (χ0n) is 11.6. The fourth-order valence-corrected chi connectivity index (χ4v) is 2.45. The lowest BCUT2D eigenvalue weighted by Crippen LogP contribution is -2.20. The molecule has 3 rings (SSSR count). The highest BCUT2D eigenvalue weighted by molar-refractivity contribution is 5.93. The van der Waals surface area contributed by atoms with Crippen molar-refractivity contribution in [3.05, 3.63) is 65.2 Å². The van der Waals surface area contributed by atoms with E-state index in [0.29, 0.717) is 18.8 Å². The number of primary amides is 1. The highest BCUT2D eigenvalue weighted by Gasteiger charge is 2.23. The first-order valence-electron chi connectivity index (χ1n) is 6.93. The monoisotopic (exact) mass is 283 g/mol. The second-order valence-corrected chi connectivity index (χ2v) is 5.13. The minimum atomic E-state index is -0.415. The molecule has 108 valence electrons. The molecule has 1 unspecified atom stereocenters. The maximum absolute atomic E-state index is 11.2. The molecule has 21 heavy (non-hydrogen) atoms. The van der Waals surface area contributed by atoms with Gasteiger partial charge in [-0.2, -0.15) is 0 Å². The molecule has 2 N–H and O–H groups in total. The molecule has 1 heterocycles. The molecular weight excluding hydrogens is 266 g/mol. The molecule has 1 atom stereocenters. The number of ether oxygens (including phenoxy) is 2. The zero-order chi connectivity index (χ0) is 14.7. The van der Waals surface area contributed by atoms with E-state index in [1.54, 1.807) is 18.2 Å². The Morgan fingerprint density at radius 1 is 1.24 bits per heavy atom. The summed E-state index contributed by atoms with van der Waals surface area (Å²) in [6.07, 6.45) is 0.734. The van der Waals surface area contributed by atoms with Crippen LogP contribution in [0.2, 0.25) is 0 Å². The van der Waals surface area contributed by atoms with Gasteiger partial charge in [-0.1, -0.05) is 30.3 Å². The Morgan fingerprint density at radius 2 is 2.05 bits per heavy atom. The van der Waals surface area contributed by atoms with Crippen molar-refractivity contribution < 1.29 is 14.3 Å². The Hall–Kier alpha value is -2.33. The number of carbonyl (C=O) groups excluding carboxylic acids is 1. The summed E-state index contributed by atoms with van der Waals surface area (Å²) in [5.41, 5.74) is 7.96. The van der Waals surface area contributed by atoms with E-state index >= 15 is 0 Å². The largest absolute Gasteiger partial charge is 0.487 e. The smallest absolute Gasteiger partial charge is 0.248 e. The summed E-state index contributed by atoms with van der Waals surface area (Å²) in [4.78, 5) is 11.2. The number of amides is 1. The minimum absolute atomic E-state index is 0.00756. The maximum Gasteiger partial charge on any atom is 0.248 e. The third-order valence-corrected chi connectivity index (χ3v) is 3.50. The van der Waals surface area contributed by atoms with E-state index in [-0.39, 0.29) is 6.10 Å². The number of nitrogens with two attached hydrogens (primary N) is 1. The molecule has 2 aromatic rings. The zero-order valence-corrected chi connectivity index (χ0v) is 11.6. The van der Waals surface area contributed by atoms with Crippen molar-refractivity contribution in [2.24, 2.45) is 5.73 Å². The first-order valence-corrected chi connectivity index (χ1v) is 6.93. The Bertz CT molecular complexity index is 640. The van der Waals surface area contributed by atoms with Crippen molar-refractivity contribution in [3.8, 4) is 5.75 Å². The highest BCUT2D eigenvalue weighted by atomic mass is 16.5. The van der Waals surface area contributed by atoms with Gasteiger partial charge in [0.05, 0.1) is 13.2 Å². The molecule has 0 spiro atoms. The third-order valence-electron chi connectivity index (χ3n) is 3.50. The fourth-order valence-electron chi connectivity index (χ4n) is 2.45. The van der Waals surface area contributed by atoms with Crippen LogP contribution in [0.5, 0.6) is 5.75 Å². The van der Waals surface area contributed by atoms with Gasteiger partial charge < -0.3 is 15.2 Å². The fraction of sp³-hybridized carbons (Fsp3) is 0.235. The van der Waals surface area contributed by atoms with Gasteiger partial charge in [0, 0.05) is 12.0 Å². The van der Waals surface area contributed by atoms with Gasteiger partial charge in [-0.15, -0.1) is 0 Å². The van der Waals surface area contributed by atoms with Gasteiger partial charge in [0.1, 0.15) is 11.9 Å². The Kier molecular flexibility index (Phi) is 3.88. The van der Waals surface area contributed by atoms with Crippen LogP contribution in [-0.4, -0.2) is 18.6 Å². The molecule has 0 bridgehead atoms. The van der Waals surface area contributed by atoms with E-state index in [9.17, 15) is 4.79 Å². The van der Waals surface area contributed by atoms with Gasteiger partial charge in [0.25, 0.3) is 0 Å². The Morgan fingerprint density at radius 3 is 2.81 bits per heavy atom. The Labute approximate surface area is 123 Å². The molecule has 0 saturated carbocycles. The van der Waals surface area contributed by atoms with Crippen LogP contribution in [0, 0.1) is 0 Å². The van der Waals surface area contributed by atoms with Crippen molar-refractivity contribution in [2.45, 2.75) is 19.1 Å². The molecular formula is C17H17NO3. The average Bonchev–Trinajstić information content (AvgIpc) is 2.90. The van der Waals surface area contributed by atoms with Gasteiger partial charge in [0.15, 0.2) is 0 Å². The van der Waals surface area contributed by atoms with Crippen molar-refractivity contribution in [1.29, 1.82) is 0 Å². The SMILES string of the molecule is NC(=O)c1ccc2c(c1)CC(COCc1ccccc1)O2. The van der Waals surface area contributed by atoms with Gasteiger partial charge >= 0.3 is 0 Å². The van der Waals surface area contributed by atoms with Crippen molar-refractivity contribution in [1.82, 2.24) is 0 Å². The van der Waals surface area contributed by atoms with Crippen LogP contribution < -0.4 is 10.5 Å². The van der Waals surface area contributed by atoms with Gasteiger partial charge in [-0.3, -0.25) is 4.79 Å². The van der Waals surface area contributed by atoms with Crippen LogP contribution in [0.25, 0.3) is 0 Å². The molecule has 0 saturated heterocycles. The number of rotatable bonds is 5.